The van der Waals surface area contributed by atoms with Crippen LogP contribution in [0.4, 0.5) is 5.82 Å². The fraction of sp³-hybridized carbons (Fsp3) is 0.471. The molecule has 0 saturated carbocycles. The summed E-state index contributed by atoms with van der Waals surface area (Å²) in [5.41, 5.74) is 2.03. The Bertz CT molecular complexity index is 699. The lowest BCUT2D eigenvalue weighted by molar-refractivity contribution is -0.124. The van der Waals surface area contributed by atoms with Crippen LogP contribution in [0.1, 0.15) is 44.4 Å². The highest BCUT2D eigenvalue weighted by Crippen LogP contribution is 2.20. The average Bonchev–Trinajstić information content (AvgIpc) is 3.09. The number of nitriles is 1. The van der Waals surface area contributed by atoms with Gasteiger partial charge < -0.3 is 10.2 Å². The molecule has 0 atom stereocenters. The van der Waals surface area contributed by atoms with Gasteiger partial charge in [-0.25, -0.2) is 0 Å². The summed E-state index contributed by atoms with van der Waals surface area (Å²) in [5.74, 6) is 6.29. The molecule has 2 N–H and O–H groups in total. The van der Waals surface area contributed by atoms with Crippen LogP contribution < -0.4 is 5.32 Å². The van der Waals surface area contributed by atoms with Gasteiger partial charge in [0.15, 0.2) is 5.82 Å². The van der Waals surface area contributed by atoms with Crippen molar-refractivity contribution in [1.82, 2.24) is 15.1 Å². The molecule has 0 spiro atoms. The van der Waals surface area contributed by atoms with E-state index in [1.54, 1.807) is 17.9 Å². The molecule has 120 valence electrons. The van der Waals surface area contributed by atoms with Gasteiger partial charge in [-0.2, -0.15) is 10.4 Å². The summed E-state index contributed by atoms with van der Waals surface area (Å²) < 4.78 is 0. The summed E-state index contributed by atoms with van der Waals surface area (Å²) in [7, 11) is 0. The molecule has 0 aliphatic carbocycles. The van der Waals surface area contributed by atoms with Crippen molar-refractivity contribution in [3.8, 4) is 17.9 Å². The third kappa shape index (κ3) is 4.14. The van der Waals surface area contributed by atoms with Gasteiger partial charge in [0, 0.05) is 31.2 Å². The van der Waals surface area contributed by atoms with Crippen LogP contribution in [0.15, 0.2) is 11.8 Å². The quantitative estimate of drug-likeness (QED) is 0.756. The molecule has 1 aliphatic rings. The normalized spacial score (nSPS) is 13.3. The number of nitrogens with one attached hydrogen (secondary N) is 2. The standard InChI is InChI=1S/C17H21N5O/c1-3-5-7-8-15-14(11-18)17(21-20-15)19-13-10-16(23)22(12-13)9-6-4-2/h10H,4,6-9,12H2,1-2H3,(H2,19,20,21). The van der Waals surface area contributed by atoms with Crippen molar-refractivity contribution in [2.24, 2.45) is 0 Å². The number of hydrogen-bond donors (Lipinski definition) is 2. The molecule has 2 heterocycles. The fourth-order valence-corrected chi connectivity index (χ4v) is 2.42. The van der Waals surface area contributed by atoms with E-state index in [9.17, 15) is 10.1 Å². The maximum atomic E-state index is 11.9. The minimum Gasteiger partial charge on any atom is -0.339 e. The van der Waals surface area contributed by atoms with Crippen LogP contribution in [-0.2, 0) is 11.2 Å². The average molecular weight is 311 g/mol. The predicted molar refractivity (Wildman–Crippen MR) is 88.3 cm³/mol. The fourth-order valence-electron chi connectivity index (χ4n) is 2.42. The van der Waals surface area contributed by atoms with Gasteiger partial charge in [0.25, 0.3) is 0 Å². The first-order valence-electron chi connectivity index (χ1n) is 7.83. The second-order valence-electron chi connectivity index (χ2n) is 5.37. The summed E-state index contributed by atoms with van der Waals surface area (Å²) in [6.45, 7) is 5.18. The molecule has 0 saturated heterocycles. The zero-order chi connectivity index (χ0) is 16.7. The molecule has 0 aromatic carbocycles. The van der Waals surface area contributed by atoms with Gasteiger partial charge in [0.1, 0.15) is 11.6 Å². The second-order valence-corrected chi connectivity index (χ2v) is 5.37. The van der Waals surface area contributed by atoms with E-state index in [1.165, 1.54) is 0 Å². The molecule has 6 nitrogen and oxygen atoms in total. The molecule has 1 aliphatic heterocycles. The number of aromatic amines is 1. The van der Waals surface area contributed by atoms with Crippen molar-refractivity contribution in [2.75, 3.05) is 18.4 Å². The number of hydrogen-bond acceptors (Lipinski definition) is 4. The van der Waals surface area contributed by atoms with Gasteiger partial charge in [-0.3, -0.25) is 9.89 Å². The lowest BCUT2D eigenvalue weighted by atomic mass is 10.1. The number of aryl methyl sites for hydroxylation is 1. The summed E-state index contributed by atoms with van der Waals surface area (Å²) in [4.78, 5) is 13.7. The van der Waals surface area contributed by atoms with E-state index in [0.717, 1.165) is 30.8 Å². The van der Waals surface area contributed by atoms with Gasteiger partial charge in [0.05, 0.1) is 12.2 Å². The van der Waals surface area contributed by atoms with Gasteiger partial charge in [-0.15, -0.1) is 11.8 Å². The molecule has 0 fully saturated rings. The maximum Gasteiger partial charge on any atom is 0.248 e. The van der Waals surface area contributed by atoms with Crippen LogP contribution in [-0.4, -0.2) is 34.1 Å². The number of amides is 1. The van der Waals surface area contributed by atoms with E-state index in [-0.39, 0.29) is 5.91 Å². The largest absolute Gasteiger partial charge is 0.339 e. The van der Waals surface area contributed by atoms with Gasteiger partial charge in [-0.1, -0.05) is 13.3 Å². The van der Waals surface area contributed by atoms with Crippen LogP contribution in [0.2, 0.25) is 0 Å². The van der Waals surface area contributed by atoms with E-state index < -0.39 is 0 Å². The van der Waals surface area contributed by atoms with Crippen LogP contribution in [0.5, 0.6) is 0 Å². The van der Waals surface area contributed by atoms with Crippen molar-refractivity contribution in [3.05, 3.63) is 23.0 Å². The highest BCUT2D eigenvalue weighted by atomic mass is 16.2. The van der Waals surface area contributed by atoms with Crippen LogP contribution in [0.3, 0.4) is 0 Å². The number of unbranched alkanes of at least 4 members (excludes halogenated alkanes) is 1. The molecule has 2 rings (SSSR count). The van der Waals surface area contributed by atoms with E-state index in [2.05, 4.69) is 40.3 Å². The zero-order valence-corrected chi connectivity index (χ0v) is 13.6. The van der Waals surface area contributed by atoms with E-state index in [1.807, 2.05) is 0 Å². The Kier molecular flexibility index (Phi) is 5.82. The highest BCUT2D eigenvalue weighted by molar-refractivity contribution is 5.92. The Hall–Kier alpha value is -2.73. The first-order chi connectivity index (χ1) is 11.2. The van der Waals surface area contributed by atoms with E-state index in [0.29, 0.717) is 30.8 Å². The Morgan fingerprint density at radius 3 is 3.04 bits per heavy atom. The number of H-pyrrole nitrogens is 1. The minimum absolute atomic E-state index is 0.00781. The molecular weight excluding hydrogens is 290 g/mol. The Balaban J connectivity index is 2.03. The monoisotopic (exact) mass is 311 g/mol. The minimum atomic E-state index is 0.00781. The Labute approximate surface area is 136 Å². The molecule has 1 aromatic rings. The second kappa shape index (κ2) is 8.05. The molecule has 23 heavy (non-hydrogen) atoms. The lowest BCUT2D eigenvalue weighted by Crippen LogP contribution is -2.27. The van der Waals surface area contributed by atoms with Crippen molar-refractivity contribution in [3.63, 3.8) is 0 Å². The first-order valence-corrected chi connectivity index (χ1v) is 7.83. The van der Waals surface area contributed by atoms with Gasteiger partial charge in [0.2, 0.25) is 5.91 Å². The first kappa shape index (κ1) is 16.6. The van der Waals surface area contributed by atoms with E-state index in [4.69, 9.17) is 0 Å². The molecule has 1 aromatic heterocycles. The van der Waals surface area contributed by atoms with Crippen LogP contribution in [0, 0.1) is 23.2 Å². The summed E-state index contributed by atoms with van der Waals surface area (Å²) in [6, 6.07) is 2.17. The summed E-state index contributed by atoms with van der Waals surface area (Å²) >= 11 is 0. The Morgan fingerprint density at radius 1 is 1.52 bits per heavy atom. The van der Waals surface area contributed by atoms with Gasteiger partial charge in [-0.05, 0) is 13.3 Å². The van der Waals surface area contributed by atoms with Crippen molar-refractivity contribution >= 4 is 11.7 Å². The highest BCUT2D eigenvalue weighted by Gasteiger charge is 2.22. The van der Waals surface area contributed by atoms with Crippen molar-refractivity contribution in [1.29, 1.82) is 5.26 Å². The summed E-state index contributed by atoms with van der Waals surface area (Å²) in [6.07, 6.45) is 4.95. The van der Waals surface area contributed by atoms with E-state index >= 15 is 0 Å². The summed E-state index contributed by atoms with van der Waals surface area (Å²) in [5, 5.41) is 19.5. The molecule has 1 amide bonds. The molecule has 6 heteroatoms. The SMILES string of the molecule is CC#CCCc1[nH]nc(NC2=CC(=O)N(CCCC)C2)c1C#N. The number of rotatable bonds is 7. The number of anilines is 1. The molecule has 0 radical (unpaired) electrons. The van der Waals surface area contributed by atoms with Crippen molar-refractivity contribution < 1.29 is 4.79 Å². The smallest absolute Gasteiger partial charge is 0.248 e. The Morgan fingerprint density at radius 2 is 2.35 bits per heavy atom. The van der Waals surface area contributed by atoms with Gasteiger partial charge >= 0.3 is 0 Å². The van der Waals surface area contributed by atoms with Crippen molar-refractivity contribution in [2.45, 2.75) is 39.5 Å². The maximum absolute atomic E-state index is 11.9. The predicted octanol–water partition coefficient (Wildman–Crippen LogP) is 2.18. The number of nitrogens with zero attached hydrogens (tertiary/aromatic N) is 3. The lowest BCUT2D eigenvalue weighted by Gasteiger charge is -2.15. The number of carbonyl (C=O) groups excluding carboxylic acids is 1. The third-order valence-corrected chi connectivity index (χ3v) is 3.66. The van der Waals surface area contributed by atoms with Crippen LogP contribution >= 0.6 is 0 Å². The third-order valence-electron chi connectivity index (χ3n) is 3.66. The molecular formula is C17H21N5O. The van der Waals surface area contributed by atoms with Crippen LogP contribution in [0.25, 0.3) is 0 Å². The number of carbonyl (C=O) groups is 1. The topological polar surface area (TPSA) is 84.8 Å². The number of aromatic nitrogens is 2. The molecule has 0 bridgehead atoms. The zero-order valence-electron chi connectivity index (χ0n) is 13.6. The molecule has 0 unspecified atom stereocenters.